The van der Waals surface area contributed by atoms with E-state index in [9.17, 15) is 4.79 Å². The van der Waals surface area contributed by atoms with E-state index in [0.29, 0.717) is 35.3 Å². The second kappa shape index (κ2) is 9.22. The van der Waals surface area contributed by atoms with Gasteiger partial charge in [0.05, 0.1) is 19.3 Å². The van der Waals surface area contributed by atoms with E-state index in [0.717, 1.165) is 18.4 Å². The molecule has 1 N–H and O–H groups in total. The Hall–Kier alpha value is -3.36. The molecule has 0 fully saturated rings. The van der Waals surface area contributed by atoms with Gasteiger partial charge in [0, 0.05) is 5.70 Å². The van der Waals surface area contributed by atoms with Crippen LogP contribution in [0, 0.1) is 0 Å². The van der Waals surface area contributed by atoms with Gasteiger partial charge in [0.15, 0.2) is 11.5 Å². The van der Waals surface area contributed by atoms with Crippen molar-refractivity contribution in [2.24, 2.45) is 0 Å². The third-order valence-electron chi connectivity index (χ3n) is 4.53. The summed E-state index contributed by atoms with van der Waals surface area (Å²) >= 11 is 0. The number of unbranched alkanes of at least 4 members (excludes halogenated alkanes) is 1. The highest BCUT2D eigenvalue weighted by molar-refractivity contribution is 5.92. The summed E-state index contributed by atoms with van der Waals surface area (Å²) in [7, 11) is 1.58. The Bertz CT molecular complexity index is 921. The molecule has 0 saturated carbocycles. The summed E-state index contributed by atoms with van der Waals surface area (Å²) in [6.45, 7) is 8.19. The average Bonchev–Trinajstić information content (AvgIpc) is 3.19. The number of methoxy groups -OCH3 is 1. The fourth-order valence-electron chi connectivity index (χ4n) is 3.10. The van der Waals surface area contributed by atoms with Crippen LogP contribution in [0.15, 0.2) is 42.1 Å². The highest BCUT2D eigenvalue weighted by Crippen LogP contribution is 2.38. The molecule has 0 spiro atoms. The molecule has 1 aliphatic rings. The van der Waals surface area contributed by atoms with Gasteiger partial charge in [-0.25, -0.2) is 4.79 Å². The number of aromatic nitrogens is 4. The quantitative estimate of drug-likeness (QED) is 0.390. The number of anilines is 1. The minimum atomic E-state index is -0.572. The van der Waals surface area contributed by atoms with Crippen molar-refractivity contribution in [3.63, 3.8) is 0 Å². The zero-order chi connectivity index (χ0) is 20.8. The molecule has 0 amide bonds. The first-order valence-corrected chi connectivity index (χ1v) is 9.45. The number of carbonyl (C=O) groups excluding carboxylic acids is 1. The minimum absolute atomic E-state index is 0.109. The molecular formula is C20H25N5O4. The van der Waals surface area contributed by atoms with Crippen LogP contribution in [0.1, 0.15) is 38.3 Å². The van der Waals surface area contributed by atoms with E-state index in [1.165, 1.54) is 6.08 Å². The lowest BCUT2D eigenvalue weighted by Gasteiger charge is -2.27. The number of fused-ring (bicyclic) bond motifs is 1. The van der Waals surface area contributed by atoms with Gasteiger partial charge in [-0.15, -0.1) is 0 Å². The molecule has 0 aliphatic carbocycles. The van der Waals surface area contributed by atoms with Gasteiger partial charge in [-0.05, 0) is 41.5 Å². The number of nitrogens with one attached hydrogen (secondary N) is 1. The molecule has 0 radical (unpaired) electrons. The van der Waals surface area contributed by atoms with E-state index >= 15 is 0 Å². The van der Waals surface area contributed by atoms with Gasteiger partial charge in [-0.1, -0.05) is 37.2 Å². The maximum Gasteiger partial charge on any atom is 0.338 e. The Balaban J connectivity index is 2.01. The summed E-state index contributed by atoms with van der Waals surface area (Å²) in [6.07, 6.45) is 3.51. The summed E-state index contributed by atoms with van der Waals surface area (Å²) in [5, 5.41) is 14.8. The summed E-state index contributed by atoms with van der Waals surface area (Å²) in [5.74, 6) is 1.19. The van der Waals surface area contributed by atoms with Gasteiger partial charge >= 0.3 is 5.97 Å². The van der Waals surface area contributed by atoms with E-state index in [1.807, 2.05) is 18.2 Å². The molecular weight excluding hydrogens is 374 g/mol. The Morgan fingerprint density at radius 3 is 2.93 bits per heavy atom. The number of hydrogen-bond donors (Lipinski definition) is 1. The largest absolute Gasteiger partial charge is 0.493 e. The summed E-state index contributed by atoms with van der Waals surface area (Å²) in [4.78, 5) is 12.8. The number of rotatable bonds is 9. The third-order valence-corrected chi connectivity index (χ3v) is 4.53. The number of tetrazole rings is 1. The van der Waals surface area contributed by atoms with Gasteiger partial charge in [0.2, 0.25) is 5.95 Å². The van der Waals surface area contributed by atoms with E-state index in [-0.39, 0.29) is 6.61 Å². The smallest absolute Gasteiger partial charge is 0.338 e. The van der Waals surface area contributed by atoms with Crippen LogP contribution in [0.2, 0.25) is 0 Å². The number of carbonyl (C=O) groups is 1. The van der Waals surface area contributed by atoms with Gasteiger partial charge in [0.25, 0.3) is 0 Å². The number of nitrogens with zero attached hydrogens (tertiary/aromatic N) is 4. The Kier molecular flexibility index (Phi) is 6.48. The van der Waals surface area contributed by atoms with Crippen molar-refractivity contribution in [1.29, 1.82) is 0 Å². The van der Waals surface area contributed by atoms with Gasteiger partial charge in [-0.3, -0.25) is 0 Å². The van der Waals surface area contributed by atoms with E-state index < -0.39 is 12.0 Å². The van der Waals surface area contributed by atoms with Gasteiger partial charge in [0.1, 0.15) is 12.6 Å². The lowest BCUT2D eigenvalue weighted by atomic mass is 9.95. The number of esters is 1. The van der Waals surface area contributed by atoms with Crippen molar-refractivity contribution in [3.8, 4) is 11.5 Å². The lowest BCUT2D eigenvalue weighted by molar-refractivity contribution is -0.138. The number of benzene rings is 1. The fourth-order valence-corrected chi connectivity index (χ4v) is 3.10. The first-order valence-electron chi connectivity index (χ1n) is 9.45. The van der Waals surface area contributed by atoms with Crippen LogP contribution in [0.5, 0.6) is 11.5 Å². The van der Waals surface area contributed by atoms with Crippen LogP contribution in [-0.2, 0) is 9.53 Å². The zero-order valence-electron chi connectivity index (χ0n) is 16.8. The molecule has 1 aliphatic heterocycles. The summed E-state index contributed by atoms with van der Waals surface area (Å²) < 4.78 is 18.2. The first-order chi connectivity index (χ1) is 14.1. The van der Waals surface area contributed by atoms with Crippen LogP contribution < -0.4 is 14.8 Å². The molecule has 154 valence electrons. The maximum absolute atomic E-state index is 12.8. The lowest BCUT2D eigenvalue weighted by Crippen LogP contribution is -2.29. The van der Waals surface area contributed by atoms with E-state index in [2.05, 4.69) is 34.3 Å². The van der Waals surface area contributed by atoms with Crippen molar-refractivity contribution < 1.29 is 19.0 Å². The number of ether oxygens (including phenoxy) is 3. The molecule has 3 rings (SSSR count). The van der Waals surface area contributed by atoms with Crippen LogP contribution in [0.3, 0.4) is 0 Å². The maximum atomic E-state index is 12.8. The Morgan fingerprint density at radius 1 is 1.38 bits per heavy atom. The molecule has 9 nitrogen and oxygen atoms in total. The summed E-state index contributed by atoms with van der Waals surface area (Å²) in [5.41, 5.74) is 1.80. The second-order valence-electron chi connectivity index (χ2n) is 6.51. The SMILES string of the molecule is C=CCOC(=O)C1=C(C)Nc2nnnn2C1c1ccc(OCCCC)c(OC)c1. The number of hydrogen-bond acceptors (Lipinski definition) is 8. The Labute approximate surface area is 169 Å². The van der Waals surface area contributed by atoms with Crippen LogP contribution in [0.25, 0.3) is 0 Å². The average molecular weight is 399 g/mol. The molecule has 1 aromatic carbocycles. The minimum Gasteiger partial charge on any atom is -0.493 e. The second-order valence-corrected chi connectivity index (χ2v) is 6.51. The molecule has 0 bridgehead atoms. The van der Waals surface area contributed by atoms with Crippen LogP contribution in [0.4, 0.5) is 5.95 Å². The van der Waals surface area contributed by atoms with Crippen molar-refractivity contribution >= 4 is 11.9 Å². The van der Waals surface area contributed by atoms with Gasteiger partial charge < -0.3 is 19.5 Å². The highest BCUT2D eigenvalue weighted by atomic mass is 16.5. The summed E-state index contributed by atoms with van der Waals surface area (Å²) in [6, 6.07) is 4.96. The van der Waals surface area contributed by atoms with Gasteiger partial charge in [-0.2, -0.15) is 4.68 Å². The van der Waals surface area contributed by atoms with Crippen LogP contribution in [-0.4, -0.2) is 46.5 Å². The molecule has 2 heterocycles. The number of allylic oxidation sites excluding steroid dienone is 1. The predicted molar refractivity (Wildman–Crippen MR) is 107 cm³/mol. The van der Waals surface area contributed by atoms with Crippen molar-refractivity contribution in [2.45, 2.75) is 32.7 Å². The molecule has 2 aromatic rings. The van der Waals surface area contributed by atoms with E-state index in [4.69, 9.17) is 14.2 Å². The zero-order valence-corrected chi connectivity index (χ0v) is 16.8. The molecule has 1 atom stereocenters. The monoisotopic (exact) mass is 399 g/mol. The molecule has 29 heavy (non-hydrogen) atoms. The first kappa shape index (κ1) is 20.4. The Morgan fingerprint density at radius 2 is 2.21 bits per heavy atom. The van der Waals surface area contributed by atoms with E-state index in [1.54, 1.807) is 18.7 Å². The predicted octanol–water partition coefficient (Wildman–Crippen LogP) is 2.88. The molecule has 1 unspecified atom stereocenters. The molecule has 1 aromatic heterocycles. The van der Waals surface area contributed by atoms with Crippen molar-refractivity contribution in [3.05, 3.63) is 47.7 Å². The topological polar surface area (TPSA) is 100 Å². The molecule has 0 saturated heterocycles. The fraction of sp³-hybridized carbons (Fsp3) is 0.400. The highest BCUT2D eigenvalue weighted by Gasteiger charge is 2.35. The third kappa shape index (κ3) is 4.23. The standard InChI is InChI=1S/C20H25N5O4/c1-5-7-11-28-15-9-8-14(12-16(15)27-4)18-17(19(26)29-10-6-2)13(3)21-20-22-23-24-25(18)20/h6,8-9,12,18H,2,5,7,10-11H2,1,3-4H3,(H,21,22,24). The normalized spacial score (nSPS) is 15.3. The van der Waals surface area contributed by atoms with Crippen molar-refractivity contribution in [1.82, 2.24) is 20.2 Å². The van der Waals surface area contributed by atoms with Crippen molar-refractivity contribution in [2.75, 3.05) is 25.6 Å². The molecule has 9 heteroatoms. The van der Waals surface area contributed by atoms with Crippen LogP contribution >= 0.6 is 0 Å².